The highest BCUT2D eigenvalue weighted by atomic mass is 79.9. The van der Waals surface area contributed by atoms with Crippen molar-refractivity contribution in [1.29, 1.82) is 0 Å². The zero-order valence-corrected chi connectivity index (χ0v) is 14.7. The fourth-order valence-electron chi connectivity index (χ4n) is 4.09. The third-order valence-electron chi connectivity index (χ3n) is 4.86. The second-order valence-corrected chi connectivity index (χ2v) is 7.92. The molecular formula is C18H26BrNO. The predicted molar refractivity (Wildman–Crippen MR) is 90.7 cm³/mol. The SMILES string of the molecule is CC1CC(C)CC(NC2CCCOc3cc(Br)ccc32)C1. The Labute approximate surface area is 136 Å². The Hall–Kier alpha value is -0.540. The van der Waals surface area contributed by atoms with Crippen molar-refractivity contribution < 1.29 is 4.74 Å². The Morgan fingerprint density at radius 3 is 2.67 bits per heavy atom. The highest BCUT2D eigenvalue weighted by Crippen LogP contribution is 2.36. The van der Waals surface area contributed by atoms with Crippen molar-refractivity contribution in [2.75, 3.05) is 6.61 Å². The lowest BCUT2D eigenvalue weighted by molar-refractivity contribution is 0.222. The molecule has 1 fully saturated rings. The van der Waals surface area contributed by atoms with Crippen molar-refractivity contribution in [2.45, 2.75) is 58.0 Å². The molecule has 116 valence electrons. The summed E-state index contributed by atoms with van der Waals surface area (Å²) < 4.78 is 7.02. The lowest BCUT2D eigenvalue weighted by Crippen LogP contribution is -2.38. The Balaban J connectivity index is 1.76. The number of hydrogen-bond acceptors (Lipinski definition) is 2. The summed E-state index contributed by atoms with van der Waals surface area (Å²) in [6, 6.07) is 7.56. The van der Waals surface area contributed by atoms with Gasteiger partial charge in [0.25, 0.3) is 0 Å². The zero-order valence-electron chi connectivity index (χ0n) is 13.1. The van der Waals surface area contributed by atoms with E-state index >= 15 is 0 Å². The molecule has 1 aliphatic carbocycles. The first-order valence-electron chi connectivity index (χ1n) is 8.30. The largest absolute Gasteiger partial charge is 0.493 e. The van der Waals surface area contributed by atoms with Gasteiger partial charge >= 0.3 is 0 Å². The van der Waals surface area contributed by atoms with Crippen LogP contribution in [0.2, 0.25) is 0 Å². The number of rotatable bonds is 2. The maximum Gasteiger partial charge on any atom is 0.125 e. The molecule has 0 radical (unpaired) electrons. The second kappa shape index (κ2) is 6.70. The highest BCUT2D eigenvalue weighted by Gasteiger charge is 2.28. The number of hydrogen-bond donors (Lipinski definition) is 1. The Morgan fingerprint density at radius 2 is 1.90 bits per heavy atom. The molecule has 3 heteroatoms. The predicted octanol–water partition coefficient (Wildman–Crippen LogP) is 5.08. The molecule has 3 unspecified atom stereocenters. The number of benzene rings is 1. The van der Waals surface area contributed by atoms with E-state index in [0.717, 1.165) is 35.1 Å². The molecule has 0 spiro atoms. The van der Waals surface area contributed by atoms with Crippen LogP contribution < -0.4 is 10.1 Å². The fraction of sp³-hybridized carbons (Fsp3) is 0.667. The quantitative estimate of drug-likeness (QED) is 0.802. The summed E-state index contributed by atoms with van der Waals surface area (Å²) in [5.74, 6) is 2.74. The van der Waals surface area contributed by atoms with Gasteiger partial charge in [0.1, 0.15) is 5.75 Å². The number of ether oxygens (including phenoxy) is 1. The normalized spacial score (nSPS) is 32.9. The monoisotopic (exact) mass is 351 g/mol. The van der Waals surface area contributed by atoms with Crippen molar-refractivity contribution in [3.8, 4) is 5.75 Å². The Bertz CT molecular complexity index is 480. The first-order chi connectivity index (χ1) is 10.1. The van der Waals surface area contributed by atoms with Crippen molar-refractivity contribution >= 4 is 15.9 Å². The molecule has 21 heavy (non-hydrogen) atoms. The van der Waals surface area contributed by atoms with Gasteiger partial charge in [-0.3, -0.25) is 0 Å². The van der Waals surface area contributed by atoms with Crippen molar-refractivity contribution in [1.82, 2.24) is 5.32 Å². The molecule has 1 heterocycles. The van der Waals surface area contributed by atoms with E-state index in [9.17, 15) is 0 Å². The molecule has 3 rings (SSSR count). The average Bonchev–Trinajstić information content (AvgIpc) is 2.60. The lowest BCUT2D eigenvalue weighted by atomic mass is 9.80. The third-order valence-corrected chi connectivity index (χ3v) is 5.35. The standard InChI is InChI=1S/C18H26BrNO/c1-12-8-13(2)10-15(9-12)20-17-4-3-7-21-18-11-14(19)5-6-16(17)18/h5-6,11-13,15,17,20H,3-4,7-10H2,1-2H3. The summed E-state index contributed by atoms with van der Waals surface area (Å²) in [5, 5.41) is 3.94. The van der Waals surface area contributed by atoms with Crippen LogP contribution >= 0.6 is 15.9 Å². The average molecular weight is 352 g/mol. The molecule has 2 nitrogen and oxygen atoms in total. The van der Waals surface area contributed by atoms with E-state index in [-0.39, 0.29) is 0 Å². The molecule has 1 aromatic rings. The van der Waals surface area contributed by atoms with E-state index < -0.39 is 0 Å². The molecular weight excluding hydrogens is 326 g/mol. The minimum absolute atomic E-state index is 0.443. The van der Waals surface area contributed by atoms with Gasteiger partial charge in [0.15, 0.2) is 0 Å². The fourth-order valence-corrected chi connectivity index (χ4v) is 4.43. The summed E-state index contributed by atoms with van der Waals surface area (Å²) in [5.41, 5.74) is 1.33. The van der Waals surface area contributed by atoms with Gasteiger partial charge in [-0.1, -0.05) is 35.8 Å². The number of halogens is 1. The van der Waals surface area contributed by atoms with Crippen LogP contribution in [0.5, 0.6) is 5.75 Å². The van der Waals surface area contributed by atoms with E-state index in [1.165, 1.54) is 31.2 Å². The van der Waals surface area contributed by atoms with Crippen LogP contribution in [0.25, 0.3) is 0 Å². The van der Waals surface area contributed by atoms with Gasteiger partial charge in [-0.05, 0) is 56.1 Å². The summed E-state index contributed by atoms with van der Waals surface area (Å²) in [7, 11) is 0. The topological polar surface area (TPSA) is 21.3 Å². The third kappa shape index (κ3) is 3.81. The van der Waals surface area contributed by atoms with Crippen LogP contribution in [-0.2, 0) is 0 Å². The molecule has 0 amide bonds. The second-order valence-electron chi connectivity index (χ2n) is 7.01. The van der Waals surface area contributed by atoms with E-state index in [0.29, 0.717) is 12.1 Å². The highest BCUT2D eigenvalue weighted by molar-refractivity contribution is 9.10. The molecule has 0 aromatic heterocycles. The first kappa shape index (κ1) is 15.4. The minimum atomic E-state index is 0.443. The number of fused-ring (bicyclic) bond motifs is 1. The molecule has 3 atom stereocenters. The van der Waals surface area contributed by atoms with E-state index in [1.807, 2.05) is 0 Å². The van der Waals surface area contributed by atoms with Gasteiger partial charge in [-0.2, -0.15) is 0 Å². The van der Waals surface area contributed by atoms with Crippen LogP contribution in [0.15, 0.2) is 22.7 Å². The van der Waals surface area contributed by atoms with Crippen LogP contribution in [0.3, 0.4) is 0 Å². The van der Waals surface area contributed by atoms with Crippen molar-refractivity contribution in [2.24, 2.45) is 11.8 Å². The molecule has 1 N–H and O–H groups in total. The molecule has 1 aromatic carbocycles. The first-order valence-corrected chi connectivity index (χ1v) is 9.09. The van der Waals surface area contributed by atoms with E-state index in [2.05, 4.69) is 53.3 Å². The summed E-state index contributed by atoms with van der Waals surface area (Å²) in [6.45, 7) is 5.62. The summed E-state index contributed by atoms with van der Waals surface area (Å²) in [4.78, 5) is 0. The van der Waals surface area contributed by atoms with Gasteiger partial charge in [0.2, 0.25) is 0 Å². The van der Waals surface area contributed by atoms with Crippen LogP contribution in [-0.4, -0.2) is 12.6 Å². The lowest BCUT2D eigenvalue weighted by Gasteiger charge is -2.34. The van der Waals surface area contributed by atoms with Gasteiger partial charge in [-0.25, -0.2) is 0 Å². The van der Waals surface area contributed by atoms with E-state index in [1.54, 1.807) is 0 Å². The molecule has 1 saturated carbocycles. The smallest absolute Gasteiger partial charge is 0.125 e. The maximum atomic E-state index is 5.92. The molecule has 0 saturated heterocycles. The molecule has 0 bridgehead atoms. The maximum absolute atomic E-state index is 5.92. The summed E-state index contributed by atoms with van der Waals surface area (Å²) in [6.07, 6.45) is 6.31. The van der Waals surface area contributed by atoms with Crippen LogP contribution in [0.1, 0.15) is 57.6 Å². The number of nitrogens with one attached hydrogen (secondary N) is 1. The molecule has 2 aliphatic rings. The van der Waals surface area contributed by atoms with Gasteiger partial charge in [-0.15, -0.1) is 0 Å². The molecule has 1 aliphatic heterocycles. The van der Waals surface area contributed by atoms with Crippen LogP contribution in [0.4, 0.5) is 0 Å². The van der Waals surface area contributed by atoms with Crippen molar-refractivity contribution in [3.63, 3.8) is 0 Å². The van der Waals surface area contributed by atoms with Crippen LogP contribution in [0, 0.1) is 11.8 Å². The Morgan fingerprint density at radius 1 is 1.14 bits per heavy atom. The summed E-state index contributed by atoms with van der Waals surface area (Å²) >= 11 is 3.55. The van der Waals surface area contributed by atoms with E-state index in [4.69, 9.17) is 4.74 Å². The van der Waals surface area contributed by atoms with Gasteiger partial charge in [0.05, 0.1) is 6.61 Å². The van der Waals surface area contributed by atoms with Crippen molar-refractivity contribution in [3.05, 3.63) is 28.2 Å². The van der Waals surface area contributed by atoms with Gasteiger partial charge < -0.3 is 10.1 Å². The van der Waals surface area contributed by atoms with Gasteiger partial charge in [0, 0.05) is 22.1 Å². The Kier molecular flexibility index (Phi) is 4.90. The zero-order chi connectivity index (χ0) is 14.8. The minimum Gasteiger partial charge on any atom is -0.493 e.